The van der Waals surface area contributed by atoms with E-state index in [0.29, 0.717) is 37.0 Å². The highest BCUT2D eigenvalue weighted by Gasteiger charge is 2.60. The second-order valence-corrected chi connectivity index (χ2v) is 9.14. The summed E-state index contributed by atoms with van der Waals surface area (Å²) in [6.45, 7) is 1.36. The SMILES string of the molecule is CN1Cc2cc(C(=O)NO)cc(F)c2CN1CC1(O)CC2CC3CC(C1)C32. The van der Waals surface area contributed by atoms with Crippen molar-refractivity contribution >= 4 is 5.91 Å². The van der Waals surface area contributed by atoms with Gasteiger partial charge < -0.3 is 5.11 Å². The lowest BCUT2D eigenvalue weighted by molar-refractivity contribution is -0.206. The van der Waals surface area contributed by atoms with Gasteiger partial charge in [-0.3, -0.25) is 10.0 Å². The van der Waals surface area contributed by atoms with E-state index in [0.717, 1.165) is 36.3 Å². The number of benzene rings is 1. The Hall–Kier alpha value is -1.54. The number of hydrogen-bond donors (Lipinski definition) is 3. The van der Waals surface area contributed by atoms with Gasteiger partial charge in [0.05, 0.1) is 5.60 Å². The van der Waals surface area contributed by atoms with Crippen LogP contribution in [0.25, 0.3) is 0 Å². The number of nitrogens with zero attached hydrogens (tertiary/aromatic N) is 2. The van der Waals surface area contributed by atoms with Crippen molar-refractivity contribution in [2.24, 2.45) is 23.7 Å². The Labute approximate surface area is 157 Å². The Kier molecular flexibility index (Phi) is 3.89. The first kappa shape index (κ1) is 17.6. The number of nitrogens with one attached hydrogen (secondary N) is 1. The molecule has 27 heavy (non-hydrogen) atoms. The third-order valence-corrected chi connectivity index (χ3v) is 7.48. The number of carbonyl (C=O) groups is 1. The second-order valence-electron chi connectivity index (χ2n) is 9.14. The van der Waals surface area contributed by atoms with Crippen LogP contribution < -0.4 is 5.48 Å². The zero-order valence-corrected chi connectivity index (χ0v) is 15.5. The molecule has 0 spiro atoms. The van der Waals surface area contributed by atoms with Crippen molar-refractivity contribution < 1.29 is 19.5 Å². The van der Waals surface area contributed by atoms with E-state index in [1.165, 1.54) is 12.8 Å². The Bertz CT molecular complexity index is 785. The first-order chi connectivity index (χ1) is 12.9. The summed E-state index contributed by atoms with van der Waals surface area (Å²) in [6.07, 6.45) is 4.26. The number of carbonyl (C=O) groups excluding carboxylic acids is 1. The van der Waals surface area contributed by atoms with E-state index in [4.69, 9.17) is 5.21 Å². The molecular formula is C20H26FN3O3. The number of aliphatic hydroxyl groups is 1. The van der Waals surface area contributed by atoms with Crippen molar-refractivity contribution in [2.45, 2.75) is 44.4 Å². The Morgan fingerprint density at radius 1 is 1.26 bits per heavy atom. The molecule has 2 unspecified atom stereocenters. The third-order valence-electron chi connectivity index (χ3n) is 7.48. The molecule has 6 nitrogen and oxygen atoms in total. The summed E-state index contributed by atoms with van der Waals surface area (Å²) in [5.41, 5.74) is 2.26. The highest BCUT2D eigenvalue weighted by Crippen LogP contribution is 2.65. The molecule has 2 atom stereocenters. The topological polar surface area (TPSA) is 76.0 Å². The summed E-state index contributed by atoms with van der Waals surface area (Å²) in [6, 6.07) is 2.79. The zero-order valence-electron chi connectivity index (χ0n) is 15.5. The van der Waals surface area contributed by atoms with Gasteiger partial charge in [-0.25, -0.2) is 19.9 Å². The van der Waals surface area contributed by atoms with Crippen LogP contribution in [-0.4, -0.2) is 45.4 Å². The Balaban J connectivity index is 1.35. The molecule has 3 aliphatic carbocycles. The lowest BCUT2D eigenvalue weighted by atomic mass is 9.41. The maximum absolute atomic E-state index is 14.6. The van der Waals surface area contributed by atoms with E-state index in [-0.39, 0.29) is 5.56 Å². The molecule has 1 aromatic carbocycles. The molecule has 1 amide bonds. The van der Waals surface area contributed by atoms with Gasteiger partial charge in [0.2, 0.25) is 0 Å². The van der Waals surface area contributed by atoms with Crippen LogP contribution in [0.2, 0.25) is 0 Å². The molecule has 1 aliphatic heterocycles. The minimum atomic E-state index is -0.716. The van der Waals surface area contributed by atoms with Crippen molar-refractivity contribution in [3.05, 3.63) is 34.6 Å². The monoisotopic (exact) mass is 375 g/mol. The van der Waals surface area contributed by atoms with Crippen LogP contribution in [0.4, 0.5) is 4.39 Å². The average Bonchev–Trinajstić information content (AvgIpc) is 2.58. The maximum Gasteiger partial charge on any atom is 0.274 e. The molecule has 3 fully saturated rings. The fourth-order valence-electron chi connectivity index (χ4n) is 6.27. The fourth-order valence-corrected chi connectivity index (χ4v) is 6.27. The Morgan fingerprint density at radius 2 is 1.96 bits per heavy atom. The zero-order chi connectivity index (χ0) is 18.9. The van der Waals surface area contributed by atoms with Crippen LogP contribution in [0.1, 0.15) is 47.2 Å². The average molecular weight is 375 g/mol. The lowest BCUT2D eigenvalue weighted by Crippen LogP contribution is -2.63. The van der Waals surface area contributed by atoms with E-state index >= 15 is 0 Å². The molecule has 0 radical (unpaired) electrons. The van der Waals surface area contributed by atoms with Crippen LogP contribution in [0.5, 0.6) is 0 Å². The van der Waals surface area contributed by atoms with Gasteiger partial charge in [0, 0.05) is 37.8 Å². The maximum atomic E-state index is 14.6. The molecule has 5 rings (SSSR count). The van der Waals surface area contributed by atoms with Crippen molar-refractivity contribution in [1.82, 2.24) is 15.5 Å². The van der Waals surface area contributed by atoms with Crippen LogP contribution in [0.15, 0.2) is 12.1 Å². The van der Waals surface area contributed by atoms with Gasteiger partial charge in [-0.15, -0.1) is 0 Å². The van der Waals surface area contributed by atoms with Crippen LogP contribution >= 0.6 is 0 Å². The first-order valence-electron chi connectivity index (χ1n) is 9.81. The summed E-state index contributed by atoms with van der Waals surface area (Å²) in [4.78, 5) is 11.6. The van der Waals surface area contributed by atoms with Crippen molar-refractivity contribution in [3.63, 3.8) is 0 Å². The predicted octanol–water partition coefficient (Wildman–Crippen LogP) is 1.90. The van der Waals surface area contributed by atoms with Crippen molar-refractivity contribution in [2.75, 3.05) is 13.6 Å². The van der Waals surface area contributed by atoms with Gasteiger partial charge in [-0.2, -0.15) is 0 Å². The number of rotatable bonds is 3. The summed E-state index contributed by atoms with van der Waals surface area (Å²) in [5, 5.41) is 24.1. The molecule has 146 valence electrons. The predicted molar refractivity (Wildman–Crippen MR) is 94.9 cm³/mol. The number of halogens is 1. The van der Waals surface area contributed by atoms with Crippen LogP contribution in [0, 0.1) is 29.5 Å². The number of fused-ring (bicyclic) bond motifs is 1. The standard InChI is InChI=1S/C20H26FN3O3/c1-23-8-15-4-12(19(25)22-27)5-17(21)16(15)9-24(23)10-20(26)6-13-2-11-3-14(7-20)18(11)13/h4-5,11,13-14,18,26-27H,2-3,6-10H2,1H3,(H,22,25). The minimum Gasteiger partial charge on any atom is -0.388 e. The highest BCUT2D eigenvalue weighted by atomic mass is 19.1. The number of hydrogen-bond acceptors (Lipinski definition) is 5. The van der Waals surface area contributed by atoms with E-state index in [1.54, 1.807) is 11.5 Å². The molecule has 4 aliphatic rings. The quantitative estimate of drug-likeness (QED) is 0.556. The van der Waals surface area contributed by atoms with Gasteiger partial charge in [0.15, 0.2) is 0 Å². The Morgan fingerprint density at radius 3 is 2.59 bits per heavy atom. The highest BCUT2D eigenvalue weighted by molar-refractivity contribution is 5.93. The molecule has 0 saturated heterocycles. The largest absolute Gasteiger partial charge is 0.388 e. The number of hydroxylamine groups is 1. The number of amides is 1. The molecule has 0 aromatic heterocycles. The van der Waals surface area contributed by atoms with Crippen LogP contribution in [-0.2, 0) is 13.1 Å². The minimum absolute atomic E-state index is 0.108. The smallest absolute Gasteiger partial charge is 0.274 e. The molecule has 7 heteroatoms. The van der Waals surface area contributed by atoms with E-state index < -0.39 is 17.3 Å². The number of hydrazine groups is 1. The van der Waals surface area contributed by atoms with E-state index in [9.17, 15) is 14.3 Å². The first-order valence-corrected chi connectivity index (χ1v) is 9.81. The lowest BCUT2D eigenvalue weighted by Gasteiger charge is -2.65. The summed E-state index contributed by atoms with van der Waals surface area (Å²) in [5.74, 6) is 1.97. The number of β-amino-alcohol motifs (C(OH)–C–C–N with tert-alkyl or cyclic N) is 1. The molecule has 3 N–H and O–H groups in total. The normalized spacial score (nSPS) is 37.6. The molecular weight excluding hydrogens is 349 g/mol. The molecule has 0 bridgehead atoms. The van der Waals surface area contributed by atoms with Gasteiger partial charge >= 0.3 is 0 Å². The summed E-state index contributed by atoms with van der Waals surface area (Å²) in [7, 11) is 1.93. The summed E-state index contributed by atoms with van der Waals surface area (Å²) >= 11 is 0. The third kappa shape index (κ3) is 2.71. The van der Waals surface area contributed by atoms with Crippen LogP contribution in [0.3, 0.4) is 0 Å². The van der Waals surface area contributed by atoms with E-state index in [1.807, 2.05) is 17.1 Å². The fraction of sp³-hybridized carbons (Fsp3) is 0.650. The van der Waals surface area contributed by atoms with Gasteiger partial charge in [-0.1, -0.05) is 0 Å². The summed E-state index contributed by atoms with van der Waals surface area (Å²) < 4.78 is 14.6. The van der Waals surface area contributed by atoms with Gasteiger partial charge in [0.25, 0.3) is 5.91 Å². The van der Waals surface area contributed by atoms with E-state index in [2.05, 4.69) is 0 Å². The van der Waals surface area contributed by atoms with Gasteiger partial charge in [0.1, 0.15) is 5.82 Å². The molecule has 1 heterocycles. The van der Waals surface area contributed by atoms with Crippen molar-refractivity contribution in [1.29, 1.82) is 0 Å². The van der Waals surface area contributed by atoms with Crippen molar-refractivity contribution in [3.8, 4) is 0 Å². The van der Waals surface area contributed by atoms with Gasteiger partial charge in [-0.05, 0) is 67.1 Å². The molecule has 1 aromatic rings. The molecule has 3 saturated carbocycles. The second kappa shape index (κ2) is 5.98.